The summed E-state index contributed by atoms with van der Waals surface area (Å²) in [6, 6.07) is 7.95. The van der Waals surface area contributed by atoms with Gasteiger partial charge in [0.2, 0.25) is 0 Å². The minimum Gasteiger partial charge on any atom is -0.494 e. The summed E-state index contributed by atoms with van der Waals surface area (Å²) in [5.41, 5.74) is 1.14. The van der Waals surface area contributed by atoms with Crippen LogP contribution < -0.4 is 4.74 Å². The Balaban J connectivity index is 1.95. The van der Waals surface area contributed by atoms with E-state index < -0.39 is 11.8 Å². The fourth-order valence-electron chi connectivity index (χ4n) is 3.97. The first-order valence-corrected chi connectivity index (χ1v) is 9.58. The molecule has 1 aromatic carbocycles. The highest BCUT2D eigenvalue weighted by Crippen LogP contribution is 2.47. The molecule has 0 radical (unpaired) electrons. The maximum absolute atomic E-state index is 14.6. The van der Waals surface area contributed by atoms with Gasteiger partial charge in [-0.2, -0.15) is 0 Å². The van der Waals surface area contributed by atoms with E-state index in [9.17, 15) is 8.78 Å². The van der Waals surface area contributed by atoms with Crippen molar-refractivity contribution >= 4 is 0 Å². The maximum atomic E-state index is 14.6. The lowest BCUT2D eigenvalue weighted by atomic mass is 9.71. The van der Waals surface area contributed by atoms with Crippen LogP contribution >= 0.6 is 0 Å². The summed E-state index contributed by atoms with van der Waals surface area (Å²) in [7, 11) is 0. The molecule has 1 nitrogen and oxygen atoms in total. The smallest absolute Gasteiger partial charge is 0.251 e. The van der Waals surface area contributed by atoms with Crippen LogP contribution in [0.4, 0.5) is 8.78 Å². The van der Waals surface area contributed by atoms with Crippen molar-refractivity contribution in [3.8, 4) is 5.75 Å². The third kappa shape index (κ3) is 4.94. The SMILES string of the molecule is CCCCC[C@@H]1CC[C@@H](C(C)c2ccc(OCC)cc2)CC1(F)F. The summed E-state index contributed by atoms with van der Waals surface area (Å²) in [5.74, 6) is -1.83. The molecule has 2 rings (SSSR count). The van der Waals surface area contributed by atoms with Gasteiger partial charge < -0.3 is 4.74 Å². The number of halogens is 2. The number of hydrogen-bond acceptors (Lipinski definition) is 1. The Morgan fingerprint density at radius 2 is 1.83 bits per heavy atom. The minimum absolute atomic E-state index is 0.0399. The lowest BCUT2D eigenvalue weighted by Gasteiger charge is -2.38. The largest absolute Gasteiger partial charge is 0.494 e. The van der Waals surface area contributed by atoms with Crippen molar-refractivity contribution in [3.63, 3.8) is 0 Å². The van der Waals surface area contributed by atoms with Crippen molar-refractivity contribution in [1.29, 1.82) is 0 Å². The number of hydrogen-bond donors (Lipinski definition) is 0. The Hall–Kier alpha value is -1.12. The van der Waals surface area contributed by atoms with Crippen LogP contribution in [-0.2, 0) is 0 Å². The Morgan fingerprint density at radius 3 is 2.42 bits per heavy atom. The number of benzene rings is 1. The second-order valence-electron chi connectivity index (χ2n) is 7.29. The summed E-state index contributed by atoms with van der Waals surface area (Å²) < 4.78 is 34.6. The van der Waals surface area contributed by atoms with E-state index in [2.05, 4.69) is 13.8 Å². The van der Waals surface area contributed by atoms with Crippen LogP contribution in [-0.4, -0.2) is 12.5 Å². The van der Waals surface area contributed by atoms with Crippen molar-refractivity contribution in [2.45, 2.75) is 77.6 Å². The van der Waals surface area contributed by atoms with Crippen LogP contribution in [0.1, 0.15) is 77.2 Å². The van der Waals surface area contributed by atoms with Crippen molar-refractivity contribution in [2.24, 2.45) is 11.8 Å². The first-order valence-electron chi connectivity index (χ1n) is 9.58. The Bertz CT molecular complexity index is 483. The Morgan fingerprint density at radius 1 is 1.12 bits per heavy atom. The van der Waals surface area contributed by atoms with Gasteiger partial charge in [0, 0.05) is 12.3 Å². The van der Waals surface area contributed by atoms with Gasteiger partial charge in [-0.1, -0.05) is 45.2 Å². The average molecular weight is 338 g/mol. The van der Waals surface area contributed by atoms with Crippen LogP contribution in [0.5, 0.6) is 5.75 Å². The molecule has 0 heterocycles. The van der Waals surface area contributed by atoms with E-state index in [4.69, 9.17) is 4.74 Å². The zero-order chi connectivity index (χ0) is 17.6. The molecule has 1 aliphatic rings. The molecule has 1 unspecified atom stereocenters. The molecular formula is C21H32F2O. The quantitative estimate of drug-likeness (QED) is 0.472. The molecule has 0 N–H and O–H groups in total. The molecule has 1 saturated carbocycles. The number of rotatable bonds is 8. The molecule has 1 aromatic rings. The van der Waals surface area contributed by atoms with E-state index in [1.165, 1.54) is 0 Å². The molecule has 0 aliphatic heterocycles. The minimum atomic E-state index is -2.50. The van der Waals surface area contributed by atoms with E-state index in [1.54, 1.807) is 0 Å². The fourth-order valence-corrected chi connectivity index (χ4v) is 3.97. The van der Waals surface area contributed by atoms with Gasteiger partial charge in [-0.05, 0) is 55.7 Å². The molecule has 0 amide bonds. The standard InChI is InChI=1S/C21H32F2O/c1-4-6-7-8-19-12-9-18(15-21(19,22)23)16(3)17-10-13-20(14-11-17)24-5-2/h10-11,13-14,16,18-19H,4-9,12,15H2,1-3H3/t16?,18-,19-/m1/s1. The highest BCUT2D eigenvalue weighted by molar-refractivity contribution is 5.29. The summed E-state index contributed by atoms with van der Waals surface area (Å²) in [6.45, 7) is 6.81. The monoisotopic (exact) mass is 338 g/mol. The molecule has 0 spiro atoms. The lowest BCUT2D eigenvalue weighted by Crippen LogP contribution is -2.37. The molecule has 136 valence electrons. The predicted octanol–water partition coefficient (Wildman–Crippen LogP) is 6.82. The van der Waals surface area contributed by atoms with Crippen molar-refractivity contribution < 1.29 is 13.5 Å². The first kappa shape index (κ1) is 19.2. The summed E-state index contributed by atoms with van der Waals surface area (Å²) in [6.07, 6.45) is 5.41. The zero-order valence-corrected chi connectivity index (χ0v) is 15.4. The van der Waals surface area contributed by atoms with Crippen LogP contribution in [0.15, 0.2) is 24.3 Å². The summed E-state index contributed by atoms with van der Waals surface area (Å²) in [4.78, 5) is 0. The molecule has 3 atom stereocenters. The molecule has 3 heteroatoms. The van der Waals surface area contributed by atoms with Gasteiger partial charge in [-0.3, -0.25) is 0 Å². The van der Waals surface area contributed by atoms with E-state index in [0.29, 0.717) is 19.4 Å². The molecule has 0 aromatic heterocycles. The van der Waals surface area contributed by atoms with Gasteiger partial charge in [0.1, 0.15) is 5.75 Å². The normalized spacial score (nSPS) is 24.5. The fraction of sp³-hybridized carbons (Fsp3) is 0.714. The highest BCUT2D eigenvalue weighted by atomic mass is 19.3. The molecular weight excluding hydrogens is 306 g/mol. The lowest BCUT2D eigenvalue weighted by molar-refractivity contribution is -0.108. The molecule has 0 bridgehead atoms. The van der Waals surface area contributed by atoms with Gasteiger partial charge in [-0.15, -0.1) is 0 Å². The van der Waals surface area contributed by atoms with Crippen LogP contribution in [0.2, 0.25) is 0 Å². The van der Waals surface area contributed by atoms with E-state index in [0.717, 1.165) is 37.0 Å². The zero-order valence-electron chi connectivity index (χ0n) is 15.4. The summed E-state index contributed by atoms with van der Waals surface area (Å²) >= 11 is 0. The van der Waals surface area contributed by atoms with Gasteiger partial charge in [0.05, 0.1) is 6.61 Å². The van der Waals surface area contributed by atoms with Crippen molar-refractivity contribution in [3.05, 3.63) is 29.8 Å². The van der Waals surface area contributed by atoms with E-state index in [1.807, 2.05) is 31.2 Å². The number of ether oxygens (including phenoxy) is 1. The maximum Gasteiger partial charge on any atom is 0.251 e. The second-order valence-corrected chi connectivity index (χ2v) is 7.29. The van der Waals surface area contributed by atoms with Gasteiger partial charge in [-0.25, -0.2) is 8.78 Å². The third-order valence-corrected chi connectivity index (χ3v) is 5.60. The van der Waals surface area contributed by atoms with E-state index >= 15 is 0 Å². The number of alkyl halides is 2. The highest BCUT2D eigenvalue weighted by Gasteiger charge is 2.45. The predicted molar refractivity (Wildman–Crippen MR) is 95.9 cm³/mol. The van der Waals surface area contributed by atoms with Crippen LogP contribution in [0, 0.1) is 11.8 Å². The third-order valence-electron chi connectivity index (χ3n) is 5.60. The van der Waals surface area contributed by atoms with E-state index in [-0.39, 0.29) is 18.3 Å². The Kier molecular flexibility index (Phi) is 7.06. The molecule has 1 aliphatic carbocycles. The van der Waals surface area contributed by atoms with Crippen molar-refractivity contribution in [2.75, 3.05) is 6.61 Å². The van der Waals surface area contributed by atoms with Gasteiger partial charge >= 0.3 is 0 Å². The van der Waals surface area contributed by atoms with Crippen LogP contribution in [0.3, 0.4) is 0 Å². The van der Waals surface area contributed by atoms with Crippen molar-refractivity contribution in [1.82, 2.24) is 0 Å². The summed E-state index contributed by atoms with van der Waals surface area (Å²) in [5, 5.41) is 0. The topological polar surface area (TPSA) is 9.23 Å². The Labute approximate surface area is 145 Å². The number of unbranched alkanes of at least 4 members (excludes halogenated alkanes) is 2. The molecule has 0 saturated heterocycles. The van der Waals surface area contributed by atoms with Gasteiger partial charge in [0.15, 0.2) is 0 Å². The van der Waals surface area contributed by atoms with Crippen LogP contribution in [0.25, 0.3) is 0 Å². The first-order chi connectivity index (χ1) is 11.5. The second kappa shape index (κ2) is 8.82. The molecule has 24 heavy (non-hydrogen) atoms. The molecule has 1 fully saturated rings. The average Bonchev–Trinajstić information content (AvgIpc) is 2.56. The van der Waals surface area contributed by atoms with Gasteiger partial charge in [0.25, 0.3) is 5.92 Å².